The molecule has 1 amide bonds. The van der Waals surface area contributed by atoms with Gasteiger partial charge in [-0.05, 0) is 43.5 Å². The van der Waals surface area contributed by atoms with Gasteiger partial charge in [0.25, 0.3) is 5.91 Å². The van der Waals surface area contributed by atoms with Crippen LogP contribution in [0.4, 0.5) is 11.4 Å². The van der Waals surface area contributed by atoms with Crippen molar-refractivity contribution < 1.29 is 9.53 Å². The monoisotopic (exact) mass is 445 g/mol. The fourth-order valence-corrected chi connectivity index (χ4v) is 3.44. The highest BCUT2D eigenvalue weighted by Gasteiger charge is 2.26. The standard InChI is InChI=1S/C20H24ClN3O2.2ClH/c1-13-4-3-5-15(10-13)23-14-6-8-24(9-7-14)20(25)16-11-17(21)18(22)12-19(16)26-2;;/h3-5,10-12,14,23H,6-9,22H2,1-2H3;2*1H. The minimum atomic E-state index is -0.0715. The highest BCUT2D eigenvalue weighted by atomic mass is 35.5. The molecule has 2 aromatic rings. The van der Waals surface area contributed by atoms with E-state index in [-0.39, 0.29) is 30.7 Å². The van der Waals surface area contributed by atoms with Gasteiger partial charge in [0.1, 0.15) is 5.75 Å². The molecular weight excluding hydrogens is 421 g/mol. The van der Waals surface area contributed by atoms with E-state index in [0.717, 1.165) is 18.5 Å². The number of amides is 1. The highest BCUT2D eigenvalue weighted by Crippen LogP contribution is 2.30. The minimum absolute atomic E-state index is 0. The molecule has 1 heterocycles. The van der Waals surface area contributed by atoms with E-state index in [1.54, 1.807) is 12.1 Å². The molecule has 0 bridgehead atoms. The summed E-state index contributed by atoms with van der Waals surface area (Å²) in [6, 6.07) is 11.9. The van der Waals surface area contributed by atoms with Crippen LogP contribution in [0, 0.1) is 6.92 Å². The molecule has 1 fully saturated rings. The summed E-state index contributed by atoms with van der Waals surface area (Å²) in [6.45, 7) is 3.46. The van der Waals surface area contributed by atoms with Gasteiger partial charge in [0.15, 0.2) is 0 Å². The van der Waals surface area contributed by atoms with Crippen molar-refractivity contribution in [3.8, 4) is 5.75 Å². The van der Waals surface area contributed by atoms with Crippen molar-refractivity contribution >= 4 is 53.7 Å². The number of nitrogens with one attached hydrogen (secondary N) is 1. The van der Waals surface area contributed by atoms with Gasteiger partial charge in [-0.25, -0.2) is 0 Å². The van der Waals surface area contributed by atoms with Gasteiger partial charge in [0, 0.05) is 30.9 Å². The molecule has 0 aromatic heterocycles. The van der Waals surface area contributed by atoms with Crippen LogP contribution in [0.25, 0.3) is 0 Å². The minimum Gasteiger partial charge on any atom is -0.496 e. The number of piperidine rings is 1. The largest absolute Gasteiger partial charge is 0.496 e. The van der Waals surface area contributed by atoms with Crippen molar-refractivity contribution in [1.82, 2.24) is 4.90 Å². The normalized spacial score (nSPS) is 13.9. The van der Waals surface area contributed by atoms with E-state index < -0.39 is 0 Å². The summed E-state index contributed by atoms with van der Waals surface area (Å²) in [6.07, 6.45) is 1.79. The number of carbonyl (C=O) groups is 1. The lowest BCUT2D eigenvalue weighted by Gasteiger charge is -2.33. The average Bonchev–Trinajstić information content (AvgIpc) is 2.63. The van der Waals surface area contributed by atoms with Crippen LogP contribution >= 0.6 is 36.4 Å². The number of likely N-dealkylation sites (tertiary alicyclic amines) is 1. The zero-order chi connectivity index (χ0) is 18.7. The molecule has 154 valence electrons. The van der Waals surface area contributed by atoms with Crippen molar-refractivity contribution in [3.05, 3.63) is 52.5 Å². The van der Waals surface area contributed by atoms with Gasteiger partial charge in [-0.1, -0.05) is 23.7 Å². The number of carbonyl (C=O) groups excluding carboxylic acids is 1. The topological polar surface area (TPSA) is 67.6 Å². The predicted molar refractivity (Wildman–Crippen MR) is 121 cm³/mol. The number of benzene rings is 2. The first-order chi connectivity index (χ1) is 12.5. The molecular formula is C20H26Cl3N3O2. The molecule has 3 N–H and O–H groups in total. The van der Waals surface area contributed by atoms with Crippen molar-refractivity contribution in [2.75, 3.05) is 31.2 Å². The van der Waals surface area contributed by atoms with Crippen LogP contribution in [0.3, 0.4) is 0 Å². The number of anilines is 2. The Kier molecular flexibility index (Phi) is 9.21. The fraction of sp³-hybridized carbons (Fsp3) is 0.350. The molecule has 28 heavy (non-hydrogen) atoms. The Morgan fingerprint density at radius 1 is 1.21 bits per heavy atom. The van der Waals surface area contributed by atoms with Crippen LogP contribution in [0.5, 0.6) is 5.75 Å². The Morgan fingerprint density at radius 2 is 1.89 bits per heavy atom. The fourth-order valence-electron chi connectivity index (χ4n) is 3.27. The summed E-state index contributed by atoms with van der Waals surface area (Å²) in [5, 5.41) is 3.93. The maximum Gasteiger partial charge on any atom is 0.257 e. The second-order valence-corrected chi connectivity index (χ2v) is 7.06. The van der Waals surface area contributed by atoms with Crippen molar-refractivity contribution in [1.29, 1.82) is 0 Å². The number of hydrogen-bond acceptors (Lipinski definition) is 4. The van der Waals surface area contributed by atoms with Crippen LogP contribution in [0.1, 0.15) is 28.8 Å². The summed E-state index contributed by atoms with van der Waals surface area (Å²) in [7, 11) is 1.53. The molecule has 5 nitrogen and oxygen atoms in total. The molecule has 1 saturated heterocycles. The number of rotatable bonds is 4. The first-order valence-electron chi connectivity index (χ1n) is 8.73. The summed E-state index contributed by atoms with van der Waals surface area (Å²) in [5.41, 5.74) is 9.02. The van der Waals surface area contributed by atoms with Gasteiger partial charge in [-0.15, -0.1) is 24.8 Å². The lowest BCUT2D eigenvalue weighted by Crippen LogP contribution is -2.42. The number of methoxy groups -OCH3 is 1. The maximum atomic E-state index is 12.9. The number of nitrogen functional groups attached to an aromatic ring is 1. The van der Waals surface area contributed by atoms with Crippen LogP contribution in [0.15, 0.2) is 36.4 Å². The summed E-state index contributed by atoms with van der Waals surface area (Å²) < 4.78 is 5.31. The number of nitrogens with zero attached hydrogens (tertiary/aromatic N) is 1. The van der Waals surface area contributed by atoms with Gasteiger partial charge >= 0.3 is 0 Å². The van der Waals surface area contributed by atoms with Gasteiger partial charge in [-0.2, -0.15) is 0 Å². The summed E-state index contributed by atoms with van der Waals surface area (Å²) in [5.74, 6) is 0.384. The molecule has 2 aromatic carbocycles. The van der Waals surface area contributed by atoms with E-state index in [0.29, 0.717) is 41.2 Å². The zero-order valence-electron chi connectivity index (χ0n) is 15.9. The third kappa shape index (κ3) is 5.60. The lowest BCUT2D eigenvalue weighted by atomic mass is 10.0. The molecule has 1 aliphatic rings. The van der Waals surface area contributed by atoms with Crippen molar-refractivity contribution in [3.63, 3.8) is 0 Å². The third-order valence-corrected chi connectivity index (χ3v) is 5.05. The molecule has 0 atom stereocenters. The predicted octanol–water partition coefficient (Wildman–Crippen LogP) is 4.80. The van der Waals surface area contributed by atoms with Crippen LogP contribution in [-0.2, 0) is 0 Å². The van der Waals surface area contributed by atoms with Gasteiger partial charge in [-0.3, -0.25) is 4.79 Å². The molecule has 0 spiro atoms. The van der Waals surface area contributed by atoms with Gasteiger partial charge in [0.05, 0.1) is 23.4 Å². The molecule has 0 aliphatic carbocycles. The molecule has 3 rings (SSSR count). The molecule has 0 radical (unpaired) electrons. The number of halogens is 3. The SMILES string of the molecule is COc1cc(N)c(Cl)cc1C(=O)N1CCC(Nc2cccc(C)c2)CC1.Cl.Cl. The number of nitrogens with two attached hydrogens (primary N) is 1. The van der Waals surface area contributed by atoms with E-state index in [4.69, 9.17) is 22.1 Å². The van der Waals surface area contributed by atoms with Crippen molar-refractivity contribution in [2.45, 2.75) is 25.8 Å². The Labute approximate surface area is 183 Å². The Morgan fingerprint density at radius 3 is 2.50 bits per heavy atom. The Hall–Kier alpha value is -1.82. The lowest BCUT2D eigenvalue weighted by molar-refractivity contribution is 0.0715. The van der Waals surface area contributed by atoms with Crippen LogP contribution in [-0.4, -0.2) is 37.0 Å². The average molecular weight is 447 g/mol. The van der Waals surface area contributed by atoms with Crippen LogP contribution in [0.2, 0.25) is 5.02 Å². The van der Waals surface area contributed by atoms with E-state index in [1.807, 2.05) is 11.0 Å². The summed E-state index contributed by atoms with van der Waals surface area (Å²) >= 11 is 6.09. The molecule has 0 saturated carbocycles. The van der Waals surface area contributed by atoms with E-state index in [1.165, 1.54) is 12.7 Å². The quantitative estimate of drug-likeness (QED) is 0.662. The Bertz CT molecular complexity index is 809. The Balaban J connectivity index is 0.00000196. The van der Waals surface area contributed by atoms with Gasteiger partial charge < -0.3 is 20.7 Å². The second-order valence-electron chi connectivity index (χ2n) is 6.65. The van der Waals surface area contributed by atoms with E-state index in [2.05, 4.69) is 30.4 Å². The van der Waals surface area contributed by atoms with Crippen LogP contribution < -0.4 is 15.8 Å². The molecule has 0 unspecified atom stereocenters. The highest BCUT2D eigenvalue weighted by molar-refractivity contribution is 6.33. The second kappa shape index (κ2) is 10.6. The maximum absolute atomic E-state index is 12.9. The van der Waals surface area contributed by atoms with Crippen molar-refractivity contribution in [2.24, 2.45) is 0 Å². The first-order valence-corrected chi connectivity index (χ1v) is 9.11. The van der Waals surface area contributed by atoms with Gasteiger partial charge in [0.2, 0.25) is 0 Å². The smallest absolute Gasteiger partial charge is 0.257 e. The molecule has 8 heteroatoms. The number of aryl methyl sites for hydroxylation is 1. The number of hydrogen-bond donors (Lipinski definition) is 2. The zero-order valence-corrected chi connectivity index (χ0v) is 18.3. The number of ether oxygens (including phenoxy) is 1. The van der Waals surface area contributed by atoms with E-state index in [9.17, 15) is 4.79 Å². The first kappa shape index (κ1) is 24.2. The summed E-state index contributed by atoms with van der Waals surface area (Å²) in [4.78, 5) is 14.7. The van der Waals surface area contributed by atoms with E-state index >= 15 is 0 Å². The molecule has 1 aliphatic heterocycles. The third-order valence-electron chi connectivity index (χ3n) is 4.72.